The molecule has 0 fully saturated rings. The Balaban J connectivity index is 1.68. The lowest BCUT2D eigenvalue weighted by Crippen LogP contribution is -2.11. The van der Waals surface area contributed by atoms with Crippen LogP contribution in [0.2, 0.25) is 10.0 Å². The Morgan fingerprint density at radius 1 is 1.20 bits per heavy atom. The summed E-state index contributed by atoms with van der Waals surface area (Å²) in [5.41, 5.74) is 2.07. The first-order valence-electron chi connectivity index (χ1n) is 7.47. The van der Waals surface area contributed by atoms with Crippen LogP contribution < -0.4 is 10.1 Å². The predicted molar refractivity (Wildman–Crippen MR) is 98.7 cm³/mol. The molecule has 25 heavy (non-hydrogen) atoms. The second kappa shape index (κ2) is 7.59. The molecule has 0 atom stereocenters. The molecule has 1 N–H and O–H groups in total. The van der Waals surface area contributed by atoms with Gasteiger partial charge in [0.25, 0.3) is 5.91 Å². The monoisotopic (exact) mass is 375 g/mol. The van der Waals surface area contributed by atoms with Crippen molar-refractivity contribution in [2.24, 2.45) is 0 Å². The van der Waals surface area contributed by atoms with Crippen LogP contribution in [0.5, 0.6) is 5.75 Å². The zero-order valence-corrected chi connectivity index (χ0v) is 14.9. The largest absolute Gasteiger partial charge is 0.497 e. The van der Waals surface area contributed by atoms with E-state index >= 15 is 0 Å². The zero-order chi connectivity index (χ0) is 17.8. The lowest BCUT2D eigenvalue weighted by molar-refractivity contribution is 0.102. The molecular weight excluding hydrogens is 361 g/mol. The maximum atomic E-state index is 12.3. The van der Waals surface area contributed by atoms with Gasteiger partial charge >= 0.3 is 0 Å². The molecule has 0 aliphatic carbocycles. The molecular formula is C18H15Cl2N3O2. The Hall–Kier alpha value is -2.50. The predicted octanol–water partition coefficient (Wildman–Crippen LogP) is 4.50. The number of carbonyl (C=O) groups is 1. The topological polar surface area (TPSA) is 56.1 Å². The molecule has 0 radical (unpaired) electrons. The number of nitrogens with zero attached hydrogens (tertiary/aromatic N) is 2. The van der Waals surface area contributed by atoms with Crippen LogP contribution in [0, 0.1) is 0 Å². The van der Waals surface area contributed by atoms with Crippen molar-refractivity contribution in [3.05, 3.63) is 76.0 Å². The van der Waals surface area contributed by atoms with E-state index in [4.69, 9.17) is 27.9 Å². The zero-order valence-electron chi connectivity index (χ0n) is 13.4. The molecule has 0 spiro atoms. The van der Waals surface area contributed by atoms with Gasteiger partial charge in [-0.15, -0.1) is 0 Å². The SMILES string of the molecule is COc1cccc(Cn2cc(NC(=O)c3ccc(Cl)c(Cl)c3)cn2)c1. The highest BCUT2D eigenvalue weighted by Crippen LogP contribution is 2.23. The fraction of sp³-hybridized carbons (Fsp3) is 0.111. The number of methoxy groups -OCH3 is 1. The Labute approximate surface area is 155 Å². The Kier molecular flexibility index (Phi) is 5.26. The molecule has 3 rings (SSSR count). The minimum Gasteiger partial charge on any atom is -0.497 e. The number of nitrogens with one attached hydrogen (secondary N) is 1. The maximum Gasteiger partial charge on any atom is 0.255 e. The van der Waals surface area contributed by atoms with Gasteiger partial charge in [-0.2, -0.15) is 5.10 Å². The number of hydrogen-bond acceptors (Lipinski definition) is 3. The van der Waals surface area contributed by atoms with E-state index in [0.717, 1.165) is 11.3 Å². The first-order chi connectivity index (χ1) is 12.0. The number of ether oxygens (including phenoxy) is 1. The number of hydrogen-bond donors (Lipinski definition) is 1. The molecule has 1 amide bonds. The molecule has 1 aromatic heterocycles. The second-order valence-electron chi connectivity index (χ2n) is 5.36. The van der Waals surface area contributed by atoms with Crippen LogP contribution in [0.3, 0.4) is 0 Å². The summed E-state index contributed by atoms with van der Waals surface area (Å²) in [5, 5.41) is 7.79. The van der Waals surface area contributed by atoms with Gasteiger partial charge in [0.2, 0.25) is 0 Å². The highest BCUT2D eigenvalue weighted by molar-refractivity contribution is 6.42. The molecule has 0 bridgehead atoms. The van der Waals surface area contributed by atoms with E-state index < -0.39 is 0 Å². The van der Waals surface area contributed by atoms with Gasteiger partial charge in [0.05, 0.1) is 35.6 Å². The van der Waals surface area contributed by atoms with Crippen molar-refractivity contribution < 1.29 is 9.53 Å². The van der Waals surface area contributed by atoms with Gasteiger partial charge in [0, 0.05) is 11.8 Å². The van der Waals surface area contributed by atoms with Crippen LogP contribution >= 0.6 is 23.2 Å². The number of benzene rings is 2. The third-order valence-corrected chi connectivity index (χ3v) is 4.29. The molecule has 1 heterocycles. The van der Waals surface area contributed by atoms with Crippen LogP contribution in [-0.4, -0.2) is 22.8 Å². The minimum atomic E-state index is -0.278. The quantitative estimate of drug-likeness (QED) is 0.714. The smallest absolute Gasteiger partial charge is 0.255 e. The van der Waals surface area contributed by atoms with Crippen molar-refractivity contribution in [2.45, 2.75) is 6.54 Å². The molecule has 5 nitrogen and oxygen atoms in total. The van der Waals surface area contributed by atoms with E-state index in [1.807, 2.05) is 24.3 Å². The Morgan fingerprint density at radius 2 is 2.04 bits per heavy atom. The summed E-state index contributed by atoms with van der Waals surface area (Å²) < 4.78 is 6.95. The van der Waals surface area contributed by atoms with Crippen LogP contribution in [0.15, 0.2) is 54.9 Å². The molecule has 0 aliphatic rings. The van der Waals surface area contributed by atoms with E-state index in [0.29, 0.717) is 27.8 Å². The number of carbonyl (C=O) groups excluding carboxylic acids is 1. The second-order valence-corrected chi connectivity index (χ2v) is 6.18. The van der Waals surface area contributed by atoms with Crippen molar-refractivity contribution in [1.29, 1.82) is 0 Å². The lowest BCUT2D eigenvalue weighted by Gasteiger charge is -2.05. The van der Waals surface area contributed by atoms with Gasteiger partial charge in [-0.05, 0) is 35.9 Å². The number of anilines is 1. The van der Waals surface area contributed by atoms with Crippen molar-refractivity contribution in [2.75, 3.05) is 12.4 Å². The summed E-state index contributed by atoms with van der Waals surface area (Å²) in [7, 11) is 1.63. The summed E-state index contributed by atoms with van der Waals surface area (Å²) in [4.78, 5) is 12.3. The highest BCUT2D eigenvalue weighted by Gasteiger charge is 2.10. The van der Waals surface area contributed by atoms with Crippen LogP contribution in [0.4, 0.5) is 5.69 Å². The molecule has 0 aliphatic heterocycles. The molecule has 0 saturated carbocycles. The van der Waals surface area contributed by atoms with Crippen molar-refractivity contribution in [3.8, 4) is 5.75 Å². The standard InChI is InChI=1S/C18H15Cl2N3O2/c1-25-15-4-2-3-12(7-15)10-23-11-14(9-21-23)22-18(24)13-5-6-16(19)17(20)8-13/h2-9,11H,10H2,1H3,(H,22,24). The molecule has 128 valence electrons. The molecule has 0 saturated heterocycles. The molecule has 2 aromatic carbocycles. The lowest BCUT2D eigenvalue weighted by atomic mass is 10.2. The number of aromatic nitrogens is 2. The van der Waals surface area contributed by atoms with Crippen LogP contribution in [0.25, 0.3) is 0 Å². The third kappa shape index (κ3) is 4.32. The summed E-state index contributed by atoms with van der Waals surface area (Å²) >= 11 is 11.8. The Bertz CT molecular complexity index is 909. The van der Waals surface area contributed by atoms with Crippen molar-refractivity contribution in [1.82, 2.24) is 9.78 Å². The highest BCUT2D eigenvalue weighted by atomic mass is 35.5. The summed E-state index contributed by atoms with van der Waals surface area (Å²) in [5.74, 6) is 0.511. The average molecular weight is 376 g/mol. The van der Waals surface area contributed by atoms with E-state index in [1.54, 1.807) is 36.3 Å². The summed E-state index contributed by atoms with van der Waals surface area (Å²) in [6, 6.07) is 12.5. The van der Waals surface area contributed by atoms with Gasteiger partial charge < -0.3 is 10.1 Å². The average Bonchev–Trinajstić information content (AvgIpc) is 3.04. The van der Waals surface area contributed by atoms with Gasteiger partial charge in [-0.25, -0.2) is 0 Å². The normalized spacial score (nSPS) is 10.5. The van der Waals surface area contributed by atoms with Gasteiger partial charge in [-0.1, -0.05) is 35.3 Å². The van der Waals surface area contributed by atoms with Crippen molar-refractivity contribution >= 4 is 34.8 Å². The van der Waals surface area contributed by atoms with E-state index in [2.05, 4.69) is 10.4 Å². The van der Waals surface area contributed by atoms with Crippen LogP contribution in [-0.2, 0) is 6.54 Å². The van der Waals surface area contributed by atoms with E-state index in [1.165, 1.54) is 6.07 Å². The Morgan fingerprint density at radius 3 is 2.80 bits per heavy atom. The third-order valence-electron chi connectivity index (χ3n) is 3.55. The number of amides is 1. The van der Waals surface area contributed by atoms with Gasteiger partial charge in [-0.3, -0.25) is 9.48 Å². The molecule has 3 aromatic rings. The summed E-state index contributed by atoms with van der Waals surface area (Å²) in [6.45, 7) is 0.569. The molecule has 7 heteroatoms. The first kappa shape index (κ1) is 17.3. The minimum absolute atomic E-state index is 0.278. The fourth-order valence-corrected chi connectivity index (χ4v) is 2.61. The van der Waals surface area contributed by atoms with Crippen molar-refractivity contribution in [3.63, 3.8) is 0 Å². The maximum absolute atomic E-state index is 12.3. The van der Waals surface area contributed by atoms with Crippen LogP contribution in [0.1, 0.15) is 15.9 Å². The number of halogens is 2. The van der Waals surface area contributed by atoms with Gasteiger partial charge in [0.15, 0.2) is 0 Å². The molecule has 0 unspecified atom stereocenters. The van der Waals surface area contributed by atoms with E-state index in [9.17, 15) is 4.79 Å². The first-order valence-corrected chi connectivity index (χ1v) is 8.22. The fourth-order valence-electron chi connectivity index (χ4n) is 2.31. The van der Waals surface area contributed by atoms with Gasteiger partial charge in [0.1, 0.15) is 5.75 Å². The van der Waals surface area contributed by atoms with E-state index in [-0.39, 0.29) is 5.91 Å². The summed E-state index contributed by atoms with van der Waals surface area (Å²) in [6.07, 6.45) is 3.35. The number of rotatable bonds is 5.